The van der Waals surface area contributed by atoms with Crippen LogP contribution in [0.5, 0.6) is 0 Å². The number of hydrogen-bond donors (Lipinski definition) is 0. The van der Waals surface area contributed by atoms with E-state index < -0.39 is 10.0 Å². The van der Waals surface area contributed by atoms with Crippen LogP contribution in [-0.4, -0.2) is 49.7 Å². The molecule has 1 aliphatic rings. The number of sulfonamides is 1. The molecule has 23 heavy (non-hydrogen) atoms. The topological polar surface area (TPSA) is 70.8 Å². The second-order valence-electron chi connectivity index (χ2n) is 5.13. The third-order valence-corrected chi connectivity index (χ3v) is 6.08. The van der Waals surface area contributed by atoms with Gasteiger partial charge in [0, 0.05) is 30.7 Å². The predicted octanol–water partition coefficient (Wildman–Crippen LogP) is 2.19. The van der Waals surface area contributed by atoms with E-state index in [2.05, 4.69) is 15.9 Å². The molecule has 0 unspecified atom stereocenters. The third kappa shape index (κ3) is 3.34. The van der Waals surface area contributed by atoms with E-state index in [9.17, 15) is 13.2 Å². The van der Waals surface area contributed by atoms with E-state index in [1.807, 2.05) is 0 Å². The van der Waals surface area contributed by atoms with Crippen LogP contribution in [0.1, 0.15) is 10.6 Å². The molecule has 1 fully saturated rings. The van der Waals surface area contributed by atoms with Crippen molar-refractivity contribution < 1.29 is 17.6 Å². The van der Waals surface area contributed by atoms with Crippen LogP contribution in [0.3, 0.4) is 0 Å². The third-order valence-electron chi connectivity index (χ3n) is 3.69. The van der Waals surface area contributed by atoms with Crippen molar-refractivity contribution in [1.82, 2.24) is 9.21 Å². The lowest BCUT2D eigenvalue weighted by atomic mass is 10.3. The smallest absolute Gasteiger partial charge is 0.289 e. The van der Waals surface area contributed by atoms with Crippen molar-refractivity contribution in [2.75, 3.05) is 26.2 Å². The molecule has 1 aromatic carbocycles. The second kappa shape index (κ2) is 6.46. The van der Waals surface area contributed by atoms with Crippen LogP contribution < -0.4 is 0 Å². The van der Waals surface area contributed by atoms with Crippen LogP contribution in [0.15, 0.2) is 56.4 Å². The average molecular weight is 399 g/mol. The maximum absolute atomic E-state index is 12.6. The molecule has 122 valence electrons. The highest BCUT2D eigenvalue weighted by atomic mass is 79.9. The molecule has 0 spiro atoms. The van der Waals surface area contributed by atoms with Crippen LogP contribution >= 0.6 is 15.9 Å². The van der Waals surface area contributed by atoms with Crippen molar-refractivity contribution >= 4 is 31.9 Å². The molecule has 1 amide bonds. The lowest BCUT2D eigenvalue weighted by Crippen LogP contribution is -2.50. The summed E-state index contributed by atoms with van der Waals surface area (Å²) in [5, 5.41) is 0. The molecule has 3 rings (SSSR count). The first-order valence-electron chi connectivity index (χ1n) is 7.07. The highest BCUT2D eigenvalue weighted by Crippen LogP contribution is 2.21. The Kier molecular flexibility index (Phi) is 4.56. The maximum Gasteiger partial charge on any atom is 0.289 e. The van der Waals surface area contributed by atoms with Gasteiger partial charge in [0.2, 0.25) is 10.0 Å². The van der Waals surface area contributed by atoms with Crippen LogP contribution in [0.4, 0.5) is 0 Å². The Morgan fingerprint density at radius 3 is 2.43 bits per heavy atom. The van der Waals surface area contributed by atoms with Crippen LogP contribution in [-0.2, 0) is 10.0 Å². The second-order valence-corrected chi connectivity index (χ2v) is 7.98. The van der Waals surface area contributed by atoms with Crippen molar-refractivity contribution in [3.63, 3.8) is 0 Å². The quantitative estimate of drug-likeness (QED) is 0.794. The average Bonchev–Trinajstić information content (AvgIpc) is 3.09. The zero-order chi connectivity index (χ0) is 16.4. The zero-order valence-corrected chi connectivity index (χ0v) is 14.6. The molecular formula is C15H15BrN2O4S. The lowest BCUT2D eigenvalue weighted by Gasteiger charge is -2.33. The van der Waals surface area contributed by atoms with Crippen LogP contribution in [0.2, 0.25) is 0 Å². The molecule has 2 aromatic rings. The van der Waals surface area contributed by atoms with Crippen molar-refractivity contribution in [2.45, 2.75) is 4.90 Å². The first-order valence-corrected chi connectivity index (χ1v) is 9.30. The minimum Gasteiger partial charge on any atom is -0.459 e. The van der Waals surface area contributed by atoms with Gasteiger partial charge in [-0.25, -0.2) is 8.42 Å². The standard InChI is InChI=1S/C15H15BrN2O4S/c16-12-3-1-4-13(11-12)23(20,21)18-8-6-17(7-9-18)15(19)14-5-2-10-22-14/h1-5,10-11H,6-9H2. The number of furan rings is 1. The minimum atomic E-state index is -3.55. The SMILES string of the molecule is O=C(c1ccco1)N1CCN(S(=O)(=O)c2cccc(Br)c2)CC1. The summed E-state index contributed by atoms with van der Waals surface area (Å²) in [6, 6.07) is 9.87. The van der Waals surface area contributed by atoms with Crippen molar-refractivity contribution in [2.24, 2.45) is 0 Å². The summed E-state index contributed by atoms with van der Waals surface area (Å²) in [6.07, 6.45) is 1.45. The Balaban J connectivity index is 1.70. The van der Waals surface area contributed by atoms with Gasteiger partial charge < -0.3 is 9.32 Å². The number of rotatable bonds is 3. The van der Waals surface area contributed by atoms with E-state index in [1.165, 1.54) is 10.6 Å². The maximum atomic E-state index is 12.6. The highest BCUT2D eigenvalue weighted by Gasteiger charge is 2.31. The zero-order valence-electron chi connectivity index (χ0n) is 12.2. The first kappa shape index (κ1) is 16.2. The summed E-state index contributed by atoms with van der Waals surface area (Å²) in [6.45, 7) is 1.21. The molecule has 0 radical (unpaired) electrons. The van der Waals surface area contributed by atoms with E-state index in [4.69, 9.17) is 4.42 Å². The summed E-state index contributed by atoms with van der Waals surface area (Å²) in [5.41, 5.74) is 0. The van der Waals surface area contributed by atoms with Gasteiger partial charge >= 0.3 is 0 Å². The summed E-state index contributed by atoms with van der Waals surface area (Å²) >= 11 is 3.28. The fourth-order valence-electron chi connectivity index (χ4n) is 2.46. The fourth-order valence-corrected chi connectivity index (χ4v) is 4.48. The van der Waals surface area contributed by atoms with Crippen LogP contribution in [0, 0.1) is 0 Å². The first-order chi connectivity index (χ1) is 11.0. The monoisotopic (exact) mass is 398 g/mol. The van der Waals surface area contributed by atoms with E-state index in [0.717, 1.165) is 0 Å². The summed E-state index contributed by atoms with van der Waals surface area (Å²) in [7, 11) is -3.55. The van der Waals surface area contributed by atoms with Gasteiger partial charge in [0.05, 0.1) is 11.2 Å². The molecule has 0 atom stereocenters. The number of amides is 1. The number of piperazine rings is 1. The van der Waals surface area contributed by atoms with Crippen molar-refractivity contribution in [3.05, 3.63) is 52.9 Å². The molecule has 8 heteroatoms. The Bertz CT molecular complexity index is 797. The number of halogens is 1. The summed E-state index contributed by atoms with van der Waals surface area (Å²) in [5.74, 6) is 0.0581. The molecule has 0 aliphatic carbocycles. The molecular weight excluding hydrogens is 384 g/mol. The van der Waals surface area contributed by atoms with E-state index in [1.54, 1.807) is 41.3 Å². The summed E-state index contributed by atoms with van der Waals surface area (Å²) in [4.78, 5) is 14.0. The number of carbonyl (C=O) groups excluding carboxylic acids is 1. The van der Waals surface area contributed by atoms with Gasteiger partial charge in [0.1, 0.15) is 0 Å². The van der Waals surface area contributed by atoms with Gasteiger partial charge in [-0.3, -0.25) is 4.79 Å². The molecule has 2 heterocycles. The van der Waals surface area contributed by atoms with Gasteiger partial charge in [-0.2, -0.15) is 4.31 Å². The Hall–Kier alpha value is -1.64. The normalized spacial score (nSPS) is 16.5. The van der Waals surface area contributed by atoms with Crippen molar-refractivity contribution in [3.8, 4) is 0 Å². The Morgan fingerprint density at radius 2 is 1.83 bits per heavy atom. The van der Waals surface area contributed by atoms with Gasteiger partial charge in [0.25, 0.3) is 5.91 Å². The molecule has 1 aliphatic heterocycles. The lowest BCUT2D eigenvalue weighted by molar-refractivity contribution is 0.0666. The molecule has 6 nitrogen and oxygen atoms in total. The largest absolute Gasteiger partial charge is 0.459 e. The Morgan fingerprint density at radius 1 is 1.09 bits per heavy atom. The predicted molar refractivity (Wildman–Crippen MR) is 87.5 cm³/mol. The molecule has 0 N–H and O–H groups in total. The number of hydrogen-bond acceptors (Lipinski definition) is 4. The molecule has 0 bridgehead atoms. The van der Waals surface area contributed by atoms with Gasteiger partial charge in [-0.05, 0) is 30.3 Å². The van der Waals surface area contributed by atoms with Gasteiger partial charge in [0.15, 0.2) is 5.76 Å². The highest BCUT2D eigenvalue weighted by molar-refractivity contribution is 9.10. The number of carbonyl (C=O) groups is 1. The molecule has 1 saturated heterocycles. The fraction of sp³-hybridized carbons (Fsp3) is 0.267. The Labute approximate surface area is 142 Å². The summed E-state index contributed by atoms with van der Waals surface area (Å²) < 4.78 is 32.5. The molecule has 0 saturated carbocycles. The van der Waals surface area contributed by atoms with E-state index in [-0.39, 0.29) is 29.7 Å². The van der Waals surface area contributed by atoms with E-state index in [0.29, 0.717) is 17.6 Å². The van der Waals surface area contributed by atoms with Gasteiger partial charge in [-0.1, -0.05) is 22.0 Å². The van der Waals surface area contributed by atoms with Crippen molar-refractivity contribution in [1.29, 1.82) is 0 Å². The van der Waals surface area contributed by atoms with Crippen LogP contribution in [0.25, 0.3) is 0 Å². The van der Waals surface area contributed by atoms with Gasteiger partial charge in [-0.15, -0.1) is 0 Å². The number of nitrogens with zero attached hydrogens (tertiary/aromatic N) is 2. The molecule has 1 aromatic heterocycles. The minimum absolute atomic E-state index is 0.213. The van der Waals surface area contributed by atoms with E-state index >= 15 is 0 Å². The number of benzene rings is 1.